The summed E-state index contributed by atoms with van der Waals surface area (Å²) in [6.45, 7) is 12.4. The fourth-order valence-corrected chi connectivity index (χ4v) is 2.24. The molecule has 0 aromatic rings. The smallest absolute Gasteiger partial charge is 0.239 e. The highest BCUT2D eigenvalue weighted by atomic mass is 35.5. The minimum absolute atomic E-state index is 0. The van der Waals surface area contributed by atoms with Gasteiger partial charge in [-0.05, 0) is 27.3 Å². The molecule has 122 valence electrons. The summed E-state index contributed by atoms with van der Waals surface area (Å²) in [5.74, 6) is 0.0435. The molecule has 0 aromatic carbocycles. The van der Waals surface area contributed by atoms with Crippen LogP contribution in [0.1, 0.15) is 27.7 Å². The highest BCUT2D eigenvalue weighted by Crippen LogP contribution is 2.03. The third-order valence-corrected chi connectivity index (χ3v) is 3.43. The fourth-order valence-electron chi connectivity index (χ4n) is 2.24. The van der Waals surface area contributed by atoms with E-state index in [1.807, 2.05) is 6.92 Å². The van der Waals surface area contributed by atoms with E-state index in [-0.39, 0.29) is 42.9 Å². The van der Waals surface area contributed by atoms with E-state index in [9.17, 15) is 4.79 Å². The van der Waals surface area contributed by atoms with Gasteiger partial charge in [-0.1, -0.05) is 6.92 Å². The Morgan fingerprint density at radius 1 is 1.45 bits per heavy atom. The van der Waals surface area contributed by atoms with E-state index < -0.39 is 0 Å². The molecular formula is C13H29Cl2N3O2. The summed E-state index contributed by atoms with van der Waals surface area (Å²) >= 11 is 0. The van der Waals surface area contributed by atoms with Crippen LogP contribution in [0.5, 0.6) is 0 Å². The number of nitrogens with zero attached hydrogens (tertiary/aromatic N) is 1. The first-order valence-electron chi connectivity index (χ1n) is 6.93. The topological polar surface area (TPSA) is 53.6 Å². The molecule has 20 heavy (non-hydrogen) atoms. The van der Waals surface area contributed by atoms with Crippen LogP contribution in [0.4, 0.5) is 0 Å². The molecule has 1 rings (SSSR count). The molecule has 0 aromatic heterocycles. The number of nitrogens with one attached hydrogen (secondary N) is 2. The SMILES string of the molecule is CCN(CCNC(=O)[C@H]1NCCO[C@@H]1C)C(C)C.Cl.Cl. The maximum atomic E-state index is 12.0. The predicted molar refractivity (Wildman–Crippen MR) is 87.1 cm³/mol. The quantitative estimate of drug-likeness (QED) is 0.765. The minimum atomic E-state index is -0.215. The van der Waals surface area contributed by atoms with Gasteiger partial charge in [0.1, 0.15) is 6.04 Å². The number of carbonyl (C=O) groups excluding carboxylic acids is 1. The number of carbonyl (C=O) groups is 1. The summed E-state index contributed by atoms with van der Waals surface area (Å²) in [6.07, 6.45) is -0.0499. The van der Waals surface area contributed by atoms with E-state index in [1.165, 1.54) is 0 Å². The van der Waals surface area contributed by atoms with Crippen molar-refractivity contribution in [2.75, 3.05) is 32.8 Å². The molecular weight excluding hydrogens is 301 g/mol. The van der Waals surface area contributed by atoms with Gasteiger partial charge in [-0.15, -0.1) is 24.8 Å². The molecule has 1 aliphatic heterocycles. The predicted octanol–water partition coefficient (Wildman–Crippen LogP) is 1.05. The van der Waals surface area contributed by atoms with Gasteiger partial charge in [0.15, 0.2) is 0 Å². The molecule has 1 aliphatic rings. The number of hydrogen-bond acceptors (Lipinski definition) is 4. The highest BCUT2D eigenvalue weighted by molar-refractivity contribution is 5.85. The standard InChI is InChI=1S/C13H27N3O2.2ClH/c1-5-16(10(2)3)8-6-15-13(17)12-11(4)18-9-7-14-12;;/h10-12,14H,5-9H2,1-4H3,(H,15,17);2*1H/t11-,12+;;/m1../s1. The van der Waals surface area contributed by atoms with Crippen molar-refractivity contribution in [3.8, 4) is 0 Å². The number of ether oxygens (including phenoxy) is 1. The van der Waals surface area contributed by atoms with E-state index in [0.717, 1.165) is 19.6 Å². The van der Waals surface area contributed by atoms with Gasteiger partial charge in [-0.2, -0.15) is 0 Å². The molecule has 0 saturated carbocycles. The molecule has 0 unspecified atom stereocenters. The Kier molecular flexibility index (Phi) is 12.9. The van der Waals surface area contributed by atoms with E-state index >= 15 is 0 Å². The van der Waals surface area contributed by atoms with E-state index in [4.69, 9.17) is 4.74 Å². The molecule has 2 atom stereocenters. The maximum absolute atomic E-state index is 12.0. The Balaban J connectivity index is 0. The summed E-state index contributed by atoms with van der Waals surface area (Å²) in [5, 5.41) is 6.17. The van der Waals surface area contributed by atoms with Crippen molar-refractivity contribution in [1.82, 2.24) is 15.5 Å². The van der Waals surface area contributed by atoms with Crippen LogP contribution in [0.3, 0.4) is 0 Å². The zero-order valence-corrected chi connectivity index (χ0v) is 14.5. The molecule has 1 amide bonds. The molecule has 1 saturated heterocycles. The van der Waals surface area contributed by atoms with Crippen LogP contribution in [-0.4, -0.2) is 61.8 Å². The van der Waals surface area contributed by atoms with Crippen molar-refractivity contribution in [3.63, 3.8) is 0 Å². The maximum Gasteiger partial charge on any atom is 0.239 e. The molecule has 0 spiro atoms. The molecule has 2 N–H and O–H groups in total. The van der Waals surface area contributed by atoms with Crippen LogP contribution in [0, 0.1) is 0 Å². The second-order valence-electron chi connectivity index (χ2n) is 5.02. The average Bonchev–Trinajstić information content (AvgIpc) is 2.34. The van der Waals surface area contributed by atoms with Crippen molar-refractivity contribution in [1.29, 1.82) is 0 Å². The number of halogens is 2. The Hall–Kier alpha value is -0.0700. The molecule has 5 nitrogen and oxygen atoms in total. The lowest BCUT2D eigenvalue weighted by molar-refractivity contribution is -0.129. The van der Waals surface area contributed by atoms with Gasteiger partial charge >= 0.3 is 0 Å². The molecule has 0 radical (unpaired) electrons. The zero-order valence-electron chi connectivity index (χ0n) is 12.8. The molecule has 0 aliphatic carbocycles. The Labute approximate surface area is 135 Å². The van der Waals surface area contributed by atoms with Crippen molar-refractivity contribution < 1.29 is 9.53 Å². The fraction of sp³-hybridized carbons (Fsp3) is 0.923. The first-order valence-corrected chi connectivity index (χ1v) is 6.93. The minimum Gasteiger partial charge on any atom is -0.375 e. The first-order chi connectivity index (χ1) is 8.56. The second kappa shape index (κ2) is 11.6. The number of morpholine rings is 1. The number of amides is 1. The monoisotopic (exact) mass is 329 g/mol. The lowest BCUT2D eigenvalue weighted by Gasteiger charge is -2.30. The van der Waals surface area contributed by atoms with Crippen molar-refractivity contribution in [2.45, 2.75) is 45.9 Å². The third-order valence-electron chi connectivity index (χ3n) is 3.43. The highest BCUT2D eigenvalue weighted by Gasteiger charge is 2.27. The Morgan fingerprint density at radius 2 is 2.10 bits per heavy atom. The first kappa shape index (κ1) is 22.2. The lowest BCUT2D eigenvalue weighted by atomic mass is 10.1. The number of hydrogen-bond donors (Lipinski definition) is 2. The normalized spacial score (nSPS) is 22.1. The number of likely N-dealkylation sites (N-methyl/N-ethyl adjacent to an activating group) is 1. The van der Waals surface area contributed by atoms with E-state index in [2.05, 4.69) is 36.3 Å². The summed E-state index contributed by atoms with van der Waals surface area (Å²) in [4.78, 5) is 14.3. The van der Waals surface area contributed by atoms with E-state index in [0.29, 0.717) is 19.2 Å². The summed E-state index contributed by atoms with van der Waals surface area (Å²) < 4.78 is 5.46. The van der Waals surface area contributed by atoms with Crippen LogP contribution >= 0.6 is 24.8 Å². The van der Waals surface area contributed by atoms with Crippen LogP contribution in [-0.2, 0) is 9.53 Å². The van der Waals surface area contributed by atoms with Crippen molar-refractivity contribution in [3.05, 3.63) is 0 Å². The van der Waals surface area contributed by atoms with Gasteiger partial charge < -0.3 is 15.4 Å². The van der Waals surface area contributed by atoms with Gasteiger partial charge in [-0.25, -0.2) is 0 Å². The van der Waals surface area contributed by atoms with Gasteiger partial charge in [0.2, 0.25) is 5.91 Å². The van der Waals surface area contributed by atoms with Crippen molar-refractivity contribution in [2.24, 2.45) is 0 Å². The van der Waals surface area contributed by atoms with Crippen LogP contribution in [0.2, 0.25) is 0 Å². The Bertz CT molecular complexity index is 268. The van der Waals surface area contributed by atoms with Crippen LogP contribution in [0.25, 0.3) is 0 Å². The van der Waals surface area contributed by atoms with Crippen LogP contribution < -0.4 is 10.6 Å². The lowest BCUT2D eigenvalue weighted by Crippen LogP contribution is -2.56. The second-order valence-corrected chi connectivity index (χ2v) is 5.02. The van der Waals surface area contributed by atoms with Crippen molar-refractivity contribution >= 4 is 30.7 Å². The molecule has 0 bridgehead atoms. The molecule has 1 heterocycles. The average molecular weight is 330 g/mol. The molecule has 7 heteroatoms. The van der Waals surface area contributed by atoms with Gasteiger partial charge in [-0.3, -0.25) is 9.69 Å². The van der Waals surface area contributed by atoms with Gasteiger partial charge in [0.05, 0.1) is 12.7 Å². The summed E-state index contributed by atoms with van der Waals surface area (Å²) in [6, 6.07) is 0.301. The van der Waals surface area contributed by atoms with Gasteiger partial charge in [0, 0.05) is 25.7 Å². The number of rotatable bonds is 6. The third kappa shape index (κ3) is 7.09. The Morgan fingerprint density at radius 3 is 2.60 bits per heavy atom. The van der Waals surface area contributed by atoms with E-state index in [1.54, 1.807) is 0 Å². The summed E-state index contributed by atoms with van der Waals surface area (Å²) in [7, 11) is 0. The van der Waals surface area contributed by atoms with Crippen LogP contribution in [0.15, 0.2) is 0 Å². The van der Waals surface area contributed by atoms with Gasteiger partial charge in [0.25, 0.3) is 0 Å². The molecule has 1 fully saturated rings. The summed E-state index contributed by atoms with van der Waals surface area (Å²) in [5.41, 5.74) is 0. The largest absolute Gasteiger partial charge is 0.375 e. The zero-order chi connectivity index (χ0) is 13.5.